The van der Waals surface area contributed by atoms with Gasteiger partial charge in [-0.25, -0.2) is 4.98 Å². The molecule has 1 saturated heterocycles. The molecule has 0 radical (unpaired) electrons. The number of aldehydes is 1. The lowest BCUT2D eigenvalue weighted by Gasteiger charge is -2.33. The van der Waals surface area contributed by atoms with Crippen LogP contribution in [0.5, 0.6) is 0 Å². The zero-order valence-corrected chi connectivity index (χ0v) is 11.1. The largest absolute Gasteiger partial charge is 0.346 e. The Hall–Kier alpha value is -2.41. The van der Waals surface area contributed by atoms with Gasteiger partial charge in [0.25, 0.3) is 0 Å². The Labute approximate surface area is 117 Å². The molecule has 0 aliphatic carbocycles. The summed E-state index contributed by atoms with van der Waals surface area (Å²) in [5.74, 6) is 0.642. The van der Waals surface area contributed by atoms with Gasteiger partial charge in [-0.3, -0.25) is 0 Å². The average Bonchev–Trinajstić information content (AvgIpc) is 2.53. The van der Waals surface area contributed by atoms with Crippen LogP contribution in [0.2, 0.25) is 0 Å². The number of anilines is 1. The summed E-state index contributed by atoms with van der Waals surface area (Å²) < 4.78 is 0. The summed E-state index contributed by atoms with van der Waals surface area (Å²) in [7, 11) is 0. The maximum absolute atomic E-state index is 11.3. The molecule has 0 spiro atoms. The van der Waals surface area contributed by atoms with E-state index in [2.05, 4.69) is 11.1 Å². The van der Waals surface area contributed by atoms with Gasteiger partial charge in [0, 0.05) is 11.9 Å². The molecule has 1 aromatic heterocycles. The maximum atomic E-state index is 11.3. The summed E-state index contributed by atoms with van der Waals surface area (Å²) in [6.07, 6.45) is 3.89. The van der Waals surface area contributed by atoms with E-state index >= 15 is 0 Å². The summed E-state index contributed by atoms with van der Waals surface area (Å²) in [6, 6.07) is 11.6. The molecule has 0 saturated carbocycles. The van der Waals surface area contributed by atoms with Crippen molar-refractivity contribution in [1.29, 1.82) is 5.26 Å². The van der Waals surface area contributed by atoms with E-state index in [4.69, 9.17) is 0 Å². The molecular weight excluding hydrogens is 250 g/mol. The van der Waals surface area contributed by atoms with Gasteiger partial charge in [0.2, 0.25) is 0 Å². The second kappa shape index (κ2) is 5.30. The number of para-hydroxylation sites is 1. The SMILES string of the molecule is N#Cc1cc2ccccc2nc1N1CCCCC1C=O. The molecule has 20 heavy (non-hydrogen) atoms. The third-order valence-corrected chi connectivity index (χ3v) is 3.80. The van der Waals surface area contributed by atoms with Crippen molar-refractivity contribution in [3.05, 3.63) is 35.9 Å². The molecule has 0 amide bonds. The lowest BCUT2D eigenvalue weighted by atomic mass is 10.0. The second-order valence-electron chi connectivity index (χ2n) is 5.06. The monoisotopic (exact) mass is 265 g/mol. The minimum Gasteiger partial charge on any atom is -0.346 e. The van der Waals surface area contributed by atoms with Crippen molar-refractivity contribution in [3.8, 4) is 6.07 Å². The Kier molecular flexibility index (Phi) is 3.34. The molecule has 2 aromatic rings. The van der Waals surface area contributed by atoms with E-state index in [0.29, 0.717) is 11.4 Å². The van der Waals surface area contributed by atoms with Crippen molar-refractivity contribution in [2.24, 2.45) is 0 Å². The van der Waals surface area contributed by atoms with Gasteiger partial charge in [0.05, 0.1) is 17.1 Å². The van der Waals surface area contributed by atoms with Crippen LogP contribution in [0.25, 0.3) is 10.9 Å². The van der Waals surface area contributed by atoms with E-state index in [0.717, 1.165) is 43.0 Å². The maximum Gasteiger partial charge on any atom is 0.147 e. The Morgan fingerprint density at radius 2 is 2.20 bits per heavy atom. The smallest absolute Gasteiger partial charge is 0.147 e. The number of carbonyl (C=O) groups is 1. The molecule has 1 unspecified atom stereocenters. The van der Waals surface area contributed by atoms with Crippen molar-refractivity contribution >= 4 is 23.0 Å². The molecule has 1 aromatic carbocycles. The Bertz CT molecular complexity index is 690. The van der Waals surface area contributed by atoms with E-state index in [1.54, 1.807) is 0 Å². The van der Waals surface area contributed by atoms with Crippen LogP contribution in [0, 0.1) is 11.3 Å². The van der Waals surface area contributed by atoms with Crippen molar-refractivity contribution in [2.75, 3.05) is 11.4 Å². The van der Waals surface area contributed by atoms with Gasteiger partial charge in [-0.2, -0.15) is 5.26 Å². The fraction of sp³-hybridized carbons (Fsp3) is 0.312. The Morgan fingerprint density at radius 3 is 3.00 bits per heavy atom. The molecule has 2 heterocycles. The van der Waals surface area contributed by atoms with Crippen LogP contribution in [0.15, 0.2) is 30.3 Å². The highest BCUT2D eigenvalue weighted by atomic mass is 16.1. The molecule has 1 aliphatic heterocycles. The first-order chi connectivity index (χ1) is 9.83. The predicted molar refractivity (Wildman–Crippen MR) is 77.5 cm³/mol. The Morgan fingerprint density at radius 1 is 1.35 bits per heavy atom. The molecule has 100 valence electrons. The molecule has 0 bridgehead atoms. The third-order valence-electron chi connectivity index (χ3n) is 3.80. The molecule has 4 nitrogen and oxygen atoms in total. The highest BCUT2D eigenvalue weighted by molar-refractivity contribution is 5.83. The molecule has 1 aliphatic rings. The zero-order valence-electron chi connectivity index (χ0n) is 11.1. The van der Waals surface area contributed by atoms with Crippen LogP contribution in [-0.4, -0.2) is 23.9 Å². The van der Waals surface area contributed by atoms with Crippen molar-refractivity contribution in [2.45, 2.75) is 25.3 Å². The van der Waals surface area contributed by atoms with Gasteiger partial charge in [-0.1, -0.05) is 18.2 Å². The number of nitriles is 1. The first kappa shape index (κ1) is 12.6. The third kappa shape index (κ3) is 2.12. The highest BCUT2D eigenvalue weighted by Crippen LogP contribution is 2.28. The number of rotatable bonds is 2. The van der Waals surface area contributed by atoms with Gasteiger partial charge in [0.1, 0.15) is 18.2 Å². The summed E-state index contributed by atoms with van der Waals surface area (Å²) in [6.45, 7) is 0.781. The first-order valence-corrected chi connectivity index (χ1v) is 6.85. The van der Waals surface area contributed by atoms with Crippen molar-refractivity contribution in [3.63, 3.8) is 0 Å². The number of hydrogen-bond donors (Lipinski definition) is 0. The fourth-order valence-electron chi connectivity index (χ4n) is 2.77. The van der Waals surface area contributed by atoms with Gasteiger partial charge in [-0.05, 0) is 31.4 Å². The minimum atomic E-state index is -0.162. The molecule has 3 rings (SSSR count). The van der Waals surface area contributed by atoms with Crippen LogP contribution in [0.4, 0.5) is 5.82 Å². The summed E-state index contributed by atoms with van der Waals surface area (Å²) in [5.41, 5.74) is 1.40. The van der Waals surface area contributed by atoms with E-state index in [9.17, 15) is 10.1 Å². The number of hydrogen-bond acceptors (Lipinski definition) is 4. The topological polar surface area (TPSA) is 57.0 Å². The number of fused-ring (bicyclic) bond motifs is 1. The summed E-state index contributed by atoms with van der Waals surface area (Å²) >= 11 is 0. The number of nitrogens with zero attached hydrogens (tertiary/aromatic N) is 3. The first-order valence-electron chi connectivity index (χ1n) is 6.85. The Balaban J connectivity index is 2.13. The number of carbonyl (C=O) groups excluding carboxylic acids is 1. The quantitative estimate of drug-likeness (QED) is 0.783. The number of piperidine rings is 1. The zero-order chi connectivity index (χ0) is 13.9. The average molecular weight is 265 g/mol. The summed E-state index contributed by atoms with van der Waals surface area (Å²) in [5, 5.41) is 10.3. The van der Waals surface area contributed by atoms with Crippen molar-refractivity contribution in [1.82, 2.24) is 4.98 Å². The lowest BCUT2D eigenvalue weighted by Crippen LogP contribution is -2.41. The highest BCUT2D eigenvalue weighted by Gasteiger charge is 2.25. The van der Waals surface area contributed by atoms with E-state index in [-0.39, 0.29) is 6.04 Å². The van der Waals surface area contributed by atoms with E-state index in [1.165, 1.54) is 0 Å². The molecular formula is C16H15N3O. The van der Waals surface area contributed by atoms with Crippen molar-refractivity contribution < 1.29 is 4.79 Å². The van der Waals surface area contributed by atoms with Gasteiger partial charge >= 0.3 is 0 Å². The van der Waals surface area contributed by atoms with Gasteiger partial charge in [0.15, 0.2) is 0 Å². The normalized spacial score (nSPS) is 18.8. The second-order valence-corrected chi connectivity index (χ2v) is 5.06. The molecule has 4 heteroatoms. The van der Waals surface area contributed by atoms with E-state index < -0.39 is 0 Å². The minimum absolute atomic E-state index is 0.162. The van der Waals surface area contributed by atoms with Crippen LogP contribution in [0.3, 0.4) is 0 Å². The summed E-state index contributed by atoms with van der Waals surface area (Å²) in [4.78, 5) is 17.8. The standard InChI is InChI=1S/C16H15N3O/c17-10-13-9-12-5-1-2-7-15(12)18-16(13)19-8-4-3-6-14(19)11-20/h1-2,5,7,9,11,14H,3-4,6,8H2. The lowest BCUT2D eigenvalue weighted by molar-refractivity contribution is -0.109. The van der Waals surface area contributed by atoms with Crippen LogP contribution in [0.1, 0.15) is 24.8 Å². The number of benzene rings is 1. The van der Waals surface area contributed by atoms with Crippen LogP contribution < -0.4 is 4.90 Å². The predicted octanol–water partition coefficient (Wildman–Crippen LogP) is 2.66. The fourth-order valence-corrected chi connectivity index (χ4v) is 2.77. The van der Waals surface area contributed by atoms with Crippen LogP contribution >= 0.6 is 0 Å². The molecule has 0 N–H and O–H groups in total. The molecule has 1 atom stereocenters. The number of pyridine rings is 1. The number of aromatic nitrogens is 1. The molecule has 1 fully saturated rings. The van der Waals surface area contributed by atoms with E-state index in [1.807, 2.05) is 35.2 Å². The van der Waals surface area contributed by atoms with Gasteiger partial charge < -0.3 is 9.69 Å². The van der Waals surface area contributed by atoms with Gasteiger partial charge in [-0.15, -0.1) is 0 Å². The van der Waals surface area contributed by atoms with Crippen LogP contribution in [-0.2, 0) is 4.79 Å².